The Kier molecular flexibility index (Phi) is 4.60. The van der Waals surface area contributed by atoms with E-state index in [1.54, 1.807) is 0 Å². The molecule has 1 aliphatic rings. The molecule has 0 saturated heterocycles. The molecule has 1 fully saturated rings. The average molecular weight is 212 g/mol. The Balaban J connectivity index is 2.30. The van der Waals surface area contributed by atoms with Gasteiger partial charge < -0.3 is 10.2 Å². The summed E-state index contributed by atoms with van der Waals surface area (Å²) in [6.45, 7) is 8.07. The maximum atomic E-state index is 3.73. The summed E-state index contributed by atoms with van der Waals surface area (Å²) in [4.78, 5) is 2.30. The summed E-state index contributed by atoms with van der Waals surface area (Å²) in [7, 11) is 4.32. The van der Waals surface area contributed by atoms with Crippen LogP contribution in [0.1, 0.15) is 46.5 Å². The lowest BCUT2D eigenvalue weighted by atomic mass is 9.86. The van der Waals surface area contributed by atoms with Crippen LogP contribution in [0.2, 0.25) is 0 Å². The van der Waals surface area contributed by atoms with Crippen LogP contribution in [0.5, 0.6) is 0 Å². The summed E-state index contributed by atoms with van der Waals surface area (Å²) in [5.41, 5.74) is 0.265. The molecule has 1 rings (SSSR count). The van der Waals surface area contributed by atoms with Gasteiger partial charge in [-0.25, -0.2) is 0 Å². The molecule has 0 spiro atoms. The van der Waals surface area contributed by atoms with Gasteiger partial charge in [-0.15, -0.1) is 0 Å². The van der Waals surface area contributed by atoms with Crippen molar-refractivity contribution in [1.82, 2.24) is 10.2 Å². The Hall–Kier alpha value is -0.0800. The molecular weight excluding hydrogens is 184 g/mol. The first-order chi connectivity index (χ1) is 6.92. The number of rotatable bonds is 4. The van der Waals surface area contributed by atoms with Crippen molar-refractivity contribution in [3.8, 4) is 0 Å². The van der Waals surface area contributed by atoms with Gasteiger partial charge in [-0.2, -0.15) is 0 Å². The first-order valence-corrected chi connectivity index (χ1v) is 6.32. The second-order valence-electron chi connectivity index (χ2n) is 6.06. The van der Waals surface area contributed by atoms with Gasteiger partial charge in [0.15, 0.2) is 0 Å². The van der Waals surface area contributed by atoms with E-state index in [1.807, 2.05) is 0 Å². The van der Waals surface area contributed by atoms with Crippen LogP contribution in [0.25, 0.3) is 0 Å². The van der Waals surface area contributed by atoms with Gasteiger partial charge >= 0.3 is 0 Å². The minimum absolute atomic E-state index is 0.265. The quantitative estimate of drug-likeness (QED) is 0.770. The predicted molar refractivity (Wildman–Crippen MR) is 67.2 cm³/mol. The van der Waals surface area contributed by atoms with Crippen LogP contribution in [0.15, 0.2) is 0 Å². The van der Waals surface area contributed by atoms with E-state index in [9.17, 15) is 0 Å². The highest BCUT2D eigenvalue weighted by atomic mass is 15.2. The Labute approximate surface area is 95.4 Å². The largest absolute Gasteiger partial charge is 0.312 e. The molecule has 1 saturated carbocycles. The monoisotopic (exact) mass is 212 g/mol. The van der Waals surface area contributed by atoms with Crippen molar-refractivity contribution in [2.24, 2.45) is 5.92 Å². The highest BCUT2D eigenvalue weighted by Crippen LogP contribution is 2.23. The zero-order valence-corrected chi connectivity index (χ0v) is 11.1. The van der Waals surface area contributed by atoms with E-state index in [1.165, 1.54) is 25.7 Å². The van der Waals surface area contributed by atoms with Crippen molar-refractivity contribution in [3.63, 3.8) is 0 Å². The van der Waals surface area contributed by atoms with Gasteiger partial charge in [0.1, 0.15) is 0 Å². The molecule has 0 radical (unpaired) electrons. The molecule has 0 heterocycles. The van der Waals surface area contributed by atoms with Crippen LogP contribution in [0.3, 0.4) is 0 Å². The van der Waals surface area contributed by atoms with Crippen LogP contribution in [0, 0.1) is 5.92 Å². The second kappa shape index (κ2) is 5.31. The molecule has 2 nitrogen and oxygen atoms in total. The normalized spacial score (nSPS) is 28.4. The maximum Gasteiger partial charge on any atom is 0.0271 e. The van der Waals surface area contributed by atoms with Crippen LogP contribution in [0.4, 0.5) is 0 Å². The van der Waals surface area contributed by atoms with Crippen LogP contribution in [-0.4, -0.2) is 37.1 Å². The molecule has 0 aliphatic heterocycles. The number of hydrogen-bond donors (Lipinski definition) is 1. The fraction of sp³-hybridized carbons (Fsp3) is 1.00. The van der Waals surface area contributed by atoms with Gasteiger partial charge in [-0.1, -0.05) is 19.8 Å². The van der Waals surface area contributed by atoms with Crippen LogP contribution in [-0.2, 0) is 0 Å². The fourth-order valence-electron chi connectivity index (χ4n) is 2.17. The highest BCUT2D eigenvalue weighted by Gasteiger charge is 2.24. The summed E-state index contributed by atoms with van der Waals surface area (Å²) in [5, 5.41) is 3.73. The van der Waals surface area contributed by atoms with Gasteiger partial charge in [0.2, 0.25) is 0 Å². The molecule has 1 aliphatic carbocycles. The number of likely N-dealkylation sites (N-methyl/N-ethyl adjacent to an activating group) is 1. The van der Waals surface area contributed by atoms with E-state index >= 15 is 0 Å². The van der Waals surface area contributed by atoms with Crippen molar-refractivity contribution >= 4 is 0 Å². The van der Waals surface area contributed by atoms with Crippen LogP contribution >= 0.6 is 0 Å². The summed E-state index contributed by atoms with van der Waals surface area (Å²) >= 11 is 0. The summed E-state index contributed by atoms with van der Waals surface area (Å²) < 4.78 is 0. The molecule has 0 aromatic rings. The maximum absolute atomic E-state index is 3.73. The Morgan fingerprint density at radius 3 is 2.47 bits per heavy atom. The smallest absolute Gasteiger partial charge is 0.0271 e. The standard InChI is InChI=1S/C13H28N2/c1-11-7-6-8-12(9-11)14-10-13(2,3)15(4)5/h11-12,14H,6-10H2,1-5H3. The topological polar surface area (TPSA) is 15.3 Å². The fourth-order valence-corrected chi connectivity index (χ4v) is 2.17. The molecular formula is C13H28N2. The first-order valence-electron chi connectivity index (χ1n) is 6.32. The zero-order chi connectivity index (χ0) is 11.5. The summed E-state index contributed by atoms with van der Waals surface area (Å²) in [5.74, 6) is 0.915. The molecule has 2 unspecified atom stereocenters. The predicted octanol–water partition coefficient (Wildman–Crippen LogP) is 2.49. The van der Waals surface area contributed by atoms with E-state index < -0.39 is 0 Å². The Bertz CT molecular complexity index is 187. The number of nitrogens with zero attached hydrogens (tertiary/aromatic N) is 1. The molecule has 2 atom stereocenters. The third-order valence-corrected chi connectivity index (χ3v) is 3.97. The number of hydrogen-bond acceptors (Lipinski definition) is 2. The van der Waals surface area contributed by atoms with Crippen molar-refractivity contribution in [2.45, 2.75) is 58.0 Å². The average Bonchev–Trinajstić information content (AvgIpc) is 2.15. The molecule has 0 amide bonds. The lowest BCUT2D eigenvalue weighted by Crippen LogP contribution is -2.49. The molecule has 0 bridgehead atoms. The molecule has 1 N–H and O–H groups in total. The lowest BCUT2D eigenvalue weighted by Gasteiger charge is -2.36. The van der Waals surface area contributed by atoms with E-state index in [2.05, 4.69) is 45.1 Å². The van der Waals surface area contributed by atoms with Gasteiger partial charge in [-0.3, -0.25) is 0 Å². The van der Waals surface area contributed by atoms with Gasteiger partial charge in [0, 0.05) is 18.1 Å². The summed E-state index contributed by atoms with van der Waals surface area (Å²) in [6, 6.07) is 0.757. The van der Waals surface area contributed by atoms with Crippen molar-refractivity contribution in [3.05, 3.63) is 0 Å². The second-order valence-corrected chi connectivity index (χ2v) is 6.06. The number of nitrogens with one attached hydrogen (secondary N) is 1. The third kappa shape index (κ3) is 4.12. The van der Waals surface area contributed by atoms with Crippen LogP contribution < -0.4 is 5.32 Å². The highest BCUT2D eigenvalue weighted by molar-refractivity contribution is 4.84. The molecule has 90 valence electrons. The van der Waals surface area contributed by atoms with E-state index in [0.29, 0.717) is 0 Å². The Morgan fingerprint density at radius 1 is 1.27 bits per heavy atom. The molecule has 0 aromatic heterocycles. The van der Waals surface area contributed by atoms with Crippen molar-refractivity contribution < 1.29 is 0 Å². The summed E-state index contributed by atoms with van der Waals surface area (Å²) in [6.07, 6.45) is 5.56. The lowest BCUT2D eigenvalue weighted by molar-refractivity contribution is 0.174. The third-order valence-electron chi connectivity index (χ3n) is 3.97. The molecule has 2 heteroatoms. The van der Waals surface area contributed by atoms with Crippen molar-refractivity contribution in [1.29, 1.82) is 0 Å². The van der Waals surface area contributed by atoms with E-state index in [-0.39, 0.29) is 5.54 Å². The Morgan fingerprint density at radius 2 is 1.93 bits per heavy atom. The van der Waals surface area contributed by atoms with E-state index in [0.717, 1.165) is 18.5 Å². The SMILES string of the molecule is CC1CCCC(NCC(C)(C)N(C)C)C1. The minimum atomic E-state index is 0.265. The first kappa shape index (κ1) is 13.0. The molecule has 0 aromatic carbocycles. The molecule has 15 heavy (non-hydrogen) atoms. The van der Waals surface area contributed by atoms with Gasteiger partial charge in [0.05, 0.1) is 0 Å². The van der Waals surface area contributed by atoms with E-state index in [4.69, 9.17) is 0 Å². The van der Waals surface area contributed by atoms with Gasteiger partial charge in [0.25, 0.3) is 0 Å². The minimum Gasteiger partial charge on any atom is -0.312 e. The van der Waals surface area contributed by atoms with Crippen molar-refractivity contribution in [2.75, 3.05) is 20.6 Å². The van der Waals surface area contributed by atoms with Gasteiger partial charge in [-0.05, 0) is 46.7 Å². The zero-order valence-electron chi connectivity index (χ0n) is 11.1.